The molecule has 0 saturated heterocycles. The first kappa shape index (κ1) is 21.2. The maximum Gasteiger partial charge on any atom is 0.341 e. The Morgan fingerprint density at radius 2 is 2.00 bits per heavy atom. The number of carbonyl (C=O) groups excluding carboxylic acids is 3. The number of Topliss-reactive ketones (excluding diaryl/α,β-unsaturated/α-hetero) is 1. The van der Waals surface area contributed by atoms with Crippen LogP contribution in [0.4, 0.5) is 5.69 Å². The van der Waals surface area contributed by atoms with E-state index in [4.69, 9.17) is 15.2 Å². The van der Waals surface area contributed by atoms with Crippen molar-refractivity contribution in [2.75, 3.05) is 18.1 Å². The molecular formula is C24H28N2O5. The van der Waals surface area contributed by atoms with Crippen LogP contribution in [-0.2, 0) is 29.3 Å². The highest BCUT2D eigenvalue weighted by Gasteiger charge is 2.63. The van der Waals surface area contributed by atoms with Gasteiger partial charge in [0.2, 0.25) is 11.8 Å². The Balaban J connectivity index is 2.04. The molecule has 164 valence electrons. The van der Waals surface area contributed by atoms with Crippen LogP contribution in [0.15, 0.2) is 47.1 Å². The van der Waals surface area contributed by atoms with E-state index in [1.54, 1.807) is 17.9 Å². The van der Waals surface area contributed by atoms with E-state index in [0.717, 1.165) is 12.8 Å². The highest BCUT2D eigenvalue weighted by Crippen LogP contribution is 2.56. The normalized spacial score (nSPS) is 25.0. The van der Waals surface area contributed by atoms with E-state index in [0.29, 0.717) is 30.0 Å². The molecule has 1 aromatic carbocycles. The Kier molecular flexibility index (Phi) is 5.37. The molecule has 0 saturated carbocycles. The maximum absolute atomic E-state index is 14.2. The molecule has 0 bridgehead atoms. The third kappa shape index (κ3) is 2.98. The van der Waals surface area contributed by atoms with Gasteiger partial charge in [0.15, 0.2) is 5.78 Å². The predicted octanol–water partition coefficient (Wildman–Crippen LogP) is 3.09. The molecule has 7 nitrogen and oxygen atoms in total. The van der Waals surface area contributed by atoms with E-state index in [1.807, 2.05) is 32.0 Å². The first-order valence-corrected chi connectivity index (χ1v) is 10.9. The van der Waals surface area contributed by atoms with E-state index in [-0.39, 0.29) is 47.7 Å². The Labute approximate surface area is 181 Å². The summed E-state index contributed by atoms with van der Waals surface area (Å²) in [5, 5.41) is 0. The van der Waals surface area contributed by atoms with Gasteiger partial charge < -0.3 is 20.1 Å². The molecule has 31 heavy (non-hydrogen) atoms. The first-order chi connectivity index (χ1) is 14.9. The lowest BCUT2D eigenvalue weighted by Crippen LogP contribution is -2.51. The minimum absolute atomic E-state index is 0.0585. The van der Waals surface area contributed by atoms with Crippen molar-refractivity contribution in [2.24, 2.45) is 11.7 Å². The Morgan fingerprint density at radius 1 is 1.26 bits per heavy atom. The van der Waals surface area contributed by atoms with Crippen LogP contribution in [0.25, 0.3) is 0 Å². The van der Waals surface area contributed by atoms with Gasteiger partial charge in [-0.15, -0.1) is 0 Å². The number of amides is 1. The van der Waals surface area contributed by atoms with Gasteiger partial charge in [0, 0.05) is 30.6 Å². The fraction of sp³-hybridized carbons (Fsp3) is 0.458. The molecule has 3 aliphatic rings. The standard InChI is InChI=1S/C24H28N2O5/c1-4-6-11-26-16-10-8-7-9-15(16)24(23(26)29)19-17(27)12-14(3)13-18(19)31-21(25)20(24)22(28)30-5-2/h7-10,14H,4-6,11-13,25H2,1-3H3/t14-,24+/m1/s1. The number of unbranched alkanes of at least 4 members (excludes halogenated alkanes) is 1. The summed E-state index contributed by atoms with van der Waals surface area (Å²) in [5.41, 5.74) is 6.05. The zero-order valence-electron chi connectivity index (χ0n) is 18.2. The van der Waals surface area contributed by atoms with Gasteiger partial charge in [0.05, 0.1) is 12.2 Å². The molecule has 1 amide bonds. The molecule has 4 rings (SSSR count). The molecule has 1 spiro atoms. The number of esters is 1. The van der Waals surface area contributed by atoms with Crippen molar-refractivity contribution in [1.82, 2.24) is 0 Å². The number of benzene rings is 1. The number of carbonyl (C=O) groups is 3. The number of hydrogen-bond donors (Lipinski definition) is 1. The number of rotatable bonds is 5. The second-order valence-corrected chi connectivity index (χ2v) is 8.37. The van der Waals surface area contributed by atoms with Gasteiger partial charge in [-0.3, -0.25) is 9.59 Å². The van der Waals surface area contributed by atoms with E-state index >= 15 is 0 Å². The summed E-state index contributed by atoms with van der Waals surface area (Å²) in [4.78, 5) is 42.4. The highest BCUT2D eigenvalue weighted by molar-refractivity contribution is 6.23. The van der Waals surface area contributed by atoms with Crippen LogP contribution >= 0.6 is 0 Å². The van der Waals surface area contributed by atoms with Crippen LogP contribution in [0, 0.1) is 5.92 Å². The fourth-order valence-electron chi connectivity index (χ4n) is 5.00. The molecule has 2 aliphatic heterocycles. The topological polar surface area (TPSA) is 98.9 Å². The summed E-state index contributed by atoms with van der Waals surface area (Å²) in [7, 11) is 0. The van der Waals surface area contributed by atoms with Gasteiger partial charge in [0.25, 0.3) is 0 Å². The Hall–Kier alpha value is -3.09. The second kappa shape index (κ2) is 7.87. The average molecular weight is 424 g/mol. The van der Waals surface area contributed by atoms with Crippen LogP contribution in [0.5, 0.6) is 0 Å². The summed E-state index contributed by atoms with van der Waals surface area (Å²) >= 11 is 0. The van der Waals surface area contributed by atoms with Crippen molar-refractivity contribution in [1.29, 1.82) is 0 Å². The lowest BCUT2D eigenvalue weighted by Gasteiger charge is -2.40. The maximum atomic E-state index is 14.2. The van der Waals surface area contributed by atoms with Crippen LogP contribution < -0.4 is 10.6 Å². The number of para-hydroxylation sites is 1. The quantitative estimate of drug-likeness (QED) is 0.730. The SMILES string of the molecule is CCCCN1C(=O)[C@@]2(C(C(=O)OCC)=C(N)OC3=C2C(=O)C[C@@H](C)C3)c2ccccc21. The minimum Gasteiger partial charge on any atom is -0.462 e. The van der Waals surface area contributed by atoms with Gasteiger partial charge in [-0.05, 0) is 25.3 Å². The van der Waals surface area contributed by atoms with Crippen molar-refractivity contribution < 1.29 is 23.9 Å². The summed E-state index contributed by atoms with van der Waals surface area (Å²) < 4.78 is 11.1. The first-order valence-electron chi connectivity index (χ1n) is 10.9. The zero-order valence-corrected chi connectivity index (χ0v) is 18.2. The molecule has 1 aromatic rings. The predicted molar refractivity (Wildman–Crippen MR) is 115 cm³/mol. The van der Waals surface area contributed by atoms with E-state index in [9.17, 15) is 14.4 Å². The van der Waals surface area contributed by atoms with Crippen LogP contribution in [-0.4, -0.2) is 30.8 Å². The van der Waals surface area contributed by atoms with Crippen molar-refractivity contribution in [3.8, 4) is 0 Å². The smallest absolute Gasteiger partial charge is 0.341 e. The van der Waals surface area contributed by atoms with Crippen LogP contribution in [0.2, 0.25) is 0 Å². The van der Waals surface area contributed by atoms with Crippen molar-refractivity contribution in [3.63, 3.8) is 0 Å². The molecule has 0 fully saturated rings. The Morgan fingerprint density at radius 3 is 2.71 bits per heavy atom. The molecule has 0 unspecified atom stereocenters. The molecule has 0 aromatic heterocycles. The molecule has 0 radical (unpaired) electrons. The third-order valence-corrected chi connectivity index (χ3v) is 6.23. The molecule has 2 N–H and O–H groups in total. The number of nitrogens with two attached hydrogens (primary N) is 1. The summed E-state index contributed by atoms with van der Waals surface area (Å²) in [6.07, 6.45) is 2.45. The largest absolute Gasteiger partial charge is 0.462 e. The number of allylic oxidation sites excluding steroid dienone is 1. The van der Waals surface area contributed by atoms with E-state index < -0.39 is 11.4 Å². The van der Waals surface area contributed by atoms with Gasteiger partial charge in [-0.1, -0.05) is 38.5 Å². The van der Waals surface area contributed by atoms with Gasteiger partial charge >= 0.3 is 5.97 Å². The lowest BCUT2D eigenvalue weighted by atomic mass is 9.64. The van der Waals surface area contributed by atoms with Crippen LogP contribution in [0.3, 0.4) is 0 Å². The van der Waals surface area contributed by atoms with Crippen molar-refractivity contribution >= 4 is 23.3 Å². The number of fused-ring (bicyclic) bond motifs is 3. The van der Waals surface area contributed by atoms with Gasteiger partial charge in [-0.2, -0.15) is 0 Å². The monoisotopic (exact) mass is 424 g/mol. The molecule has 1 aliphatic carbocycles. The minimum atomic E-state index is -1.63. The second-order valence-electron chi connectivity index (χ2n) is 8.37. The molecular weight excluding hydrogens is 396 g/mol. The molecule has 2 atom stereocenters. The van der Waals surface area contributed by atoms with E-state index in [2.05, 4.69) is 0 Å². The number of ketones is 1. The van der Waals surface area contributed by atoms with Crippen molar-refractivity contribution in [3.05, 3.63) is 52.6 Å². The van der Waals surface area contributed by atoms with Gasteiger partial charge in [0.1, 0.15) is 16.7 Å². The number of nitrogens with zero attached hydrogens (tertiary/aromatic N) is 1. The number of anilines is 1. The fourth-order valence-corrected chi connectivity index (χ4v) is 5.00. The van der Waals surface area contributed by atoms with Gasteiger partial charge in [-0.25, -0.2) is 4.79 Å². The summed E-state index contributed by atoms with van der Waals surface area (Å²) in [6.45, 7) is 6.28. The number of hydrogen-bond acceptors (Lipinski definition) is 6. The average Bonchev–Trinajstić information content (AvgIpc) is 2.95. The highest BCUT2D eigenvalue weighted by atomic mass is 16.5. The number of ether oxygens (including phenoxy) is 2. The summed E-state index contributed by atoms with van der Waals surface area (Å²) in [6, 6.07) is 7.30. The van der Waals surface area contributed by atoms with Crippen LogP contribution in [0.1, 0.15) is 52.0 Å². The Bertz CT molecular complexity index is 1020. The third-order valence-electron chi connectivity index (χ3n) is 6.23. The molecule has 7 heteroatoms. The lowest BCUT2D eigenvalue weighted by molar-refractivity contribution is -0.141. The summed E-state index contributed by atoms with van der Waals surface area (Å²) in [5.74, 6) is -0.994. The van der Waals surface area contributed by atoms with Crippen molar-refractivity contribution in [2.45, 2.75) is 51.9 Å². The zero-order chi connectivity index (χ0) is 22.3. The molecule has 2 heterocycles. The van der Waals surface area contributed by atoms with E-state index in [1.165, 1.54) is 0 Å².